The van der Waals surface area contributed by atoms with E-state index in [2.05, 4.69) is 0 Å². The third-order valence-electron chi connectivity index (χ3n) is 2.61. The molecule has 0 aliphatic carbocycles. The largest absolute Gasteiger partial charge is 0.293 e. The maximum Gasteiger partial charge on any atom is 0.173 e. The number of ketones is 1. The van der Waals surface area contributed by atoms with Gasteiger partial charge in [0.2, 0.25) is 0 Å². The fraction of sp³-hybridized carbons (Fsp3) is 0.133. The summed E-state index contributed by atoms with van der Waals surface area (Å²) in [5.41, 5.74) is 1.29. The van der Waals surface area contributed by atoms with Gasteiger partial charge in [-0.05, 0) is 36.8 Å². The number of Topliss-reactive ketones (excluding diaryl/α,β-unsaturated/α-hetero) is 1. The van der Waals surface area contributed by atoms with Crippen molar-refractivity contribution in [2.75, 3.05) is 5.75 Å². The van der Waals surface area contributed by atoms with Crippen LogP contribution in [0.3, 0.4) is 0 Å². The first kappa shape index (κ1) is 12.8. The van der Waals surface area contributed by atoms with Crippen molar-refractivity contribution in [3.63, 3.8) is 0 Å². The van der Waals surface area contributed by atoms with Gasteiger partial charge < -0.3 is 0 Å². The fourth-order valence-electron chi connectivity index (χ4n) is 1.64. The molecule has 3 heteroatoms. The highest BCUT2D eigenvalue weighted by atomic mass is 32.2. The van der Waals surface area contributed by atoms with Crippen LogP contribution in [0.2, 0.25) is 0 Å². The Morgan fingerprint density at radius 1 is 1.17 bits per heavy atom. The number of rotatable bonds is 4. The summed E-state index contributed by atoms with van der Waals surface area (Å²) in [6.45, 7) is 1.82. The zero-order valence-corrected chi connectivity index (χ0v) is 10.8. The van der Waals surface area contributed by atoms with Gasteiger partial charge in [-0.1, -0.05) is 24.3 Å². The maximum atomic E-state index is 13.1. The first-order chi connectivity index (χ1) is 8.66. The first-order valence-corrected chi connectivity index (χ1v) is 6.62. The Labute approximate surface area is 110 Å². The molecule has 2 rings (SSSR count). The molecule has 18 heavy (non-hydrogen) atoms. The van der Waals surface area contributed by atoms with Gasteiger partial charge in [-0.2, -0.15) is 0 Å². The van der Waals surface area contributed by atoms with Gasteiger partial charge in [-0.15, -0.1) is 11.8 Å². The van der Waals surface area contributed by atoms with Crippen LogP contribution < -0.4 is 0 Å². The van der Waals surface area contributed by atoms with E-state index in [4.69, 9.17) is 0 Å². The highest BCUT2D eigenvalue weighted by molar-refractivity contribution is 8.00. The minimum Gasteiger partial charge on any atom is -0.293 e. The lowest BCUT2D eigenvalue weighted by Crippen LogP contribution is -2.05. The normalized spacial score (nSPS) is 10.3. The van der Waals surface area contributed by atoms with E-state index in [9.17, 15) is 9.18 Å². The summed E-state index contributed by atoms with van der Waals surface area (Å²) >= 11 is 1.47. The summed E-state index contributed by atoms with van der Waals surface area (Å²) in [5, 5.41) is 0. The summed E-state index contributed by atoms with van der Waals surface area (Å²) in [4.78, 5) is 13.0. The molecule has 0 radical (unpaired) electrons. The number of halogens is 1. The molecule has 0 amide bonds. The SMILES string of the molecule is Cc1ccc(F)cc1C(=O)CSc1ccccc1. The minimum atomic E-state index is -0.367. The zero-order chi connectivity index (χ0) is 13.0. The Hall–Kier alpha value is -1.61. The maximum absolute atomic E-state index is 13.1. The topological polar surface area (TPSA) is 17.1 Å². The van der Waals surface area contributed by atoms with E-state index in [1.165, 1.54) is 23.9 Å². The van der Waals surface area contributed by atoms with Gasteiger partial charge in [0.1, 0.15) is 5.82 Å². The van der Waals surface area contributed by atoms with Crippen LogP contribution in [0.1, 0.15) is 15.9 Å². The van der Waals surface area contributed by atoms with E-state index in [1.54, 1.807) is 6.07 Å². The Morgan fingerprint density at radius 2 is 1.89 bits per heavy atom. The summed E-state index contributed by atoms with van der Waals surface area (Å²) < 4.78 is 13.1. The van der Waals surface area contributed by atoms with Gasteiger partial charge in [0, 0.05) is 10.5 Å². The van der Waals surface area contributed by atoms with Crippen molar-refractivity contribution in [2.24, 2.45) is 0 Å². The number of benzene rings is 2. The molecule has 0 heterocycles. The van der Waals surface area contributed by atoms with Crippen molar-refractivity contribution in [1.29, 1.82) is 0 Å². The molecule has 0 saturated heterocycles. The van der Waals surface area contributed by atoms with Gasteiger partial charge in [-0.25, -0.2) is 4.39 Å². The Balaban J connectivity index is 2.06. The van der Waals surface area contributed by atoms with Crippen LogP contribution in [0.15, 0.2) is 53.4 Å². The fourth-order valence-corrected chi connectivity index (χ4v) is 2.44. The average molecular weight is 260 g/mol. The average Bonchev–Trinajstić information content (AvgIpc) is 2.40. The molecule has 0 N–H and O–H groups in total. The molecule has 0 saturated carbocycles. The molecule has 0 aliphatic rings. The lowest BCUT2D eigenvalue weighted by Gasteiger charge is -2.05. The molecule has 1 nitrogen and oxygen atoms in total. The van der Waals surface area contributed by atoms with E-state index >= 15 is 0 Å². The molecule has 92 valence electrons. The Kier molecular flexibility index (Phi) is 4.15. The van der Waals surface area contributed by atoms with Crippen LogP contribution in [0.4, 0.5) is 4.39 Å². The number of hydrogen-bond donors (Lipinski definition) is 0. The quantitative estimate of drug-likeness (QED) is 0.608. The Morgan fingerprint density at radius 3 is 2.61 bits per heavy atom. The molecular formula is C15H13FOS. The van der Waals surface area contributed by atoms with Crippen LogP contribution in [0.25, 0.3) is 0 Å². The van der Waals surface area contributed by atoms with Gasteiger partial charge in [0.05, 0.1) is 5.75 Å². The summed E-state index contributed by atoms with van der Waals surface area (Å²) in [6.07, 6.45) is 0. The van der Waals surface area contributed by atoms with Crippen molar-refractivity contribution in [2.45, 2.75) is 11.8 Å². The van der Waals surface area contributed by atoms with Gasteiger partial charge >= 0.3 is 0 Å². The van der Waals surface area contributed by atoms with E-state index in [0.29, 0.717) is 11.3 Å². The van der Waals surface area contributed by atoms with Crippen LogP contribution in [0, 0.1) is 12.7 Å². The second-order valence-corrected chi connectivity index (χ2v) is 5.03. The Bertz CT molecular complexity index is 552. The van der Waals surface area contributed by atoms with E-state index < -0.39 is 0 Å². The highest BCUT2D eigenvalue weighted by Gasteiger charge is 2.10. The van der Waals surface area contributed by atoms with E-state index in [1.807, 2.05) is 37.3 Å². The minimum absolute atomic E-state index is 0.0409. The lowest BCUT2D eigenvalue weighted by atomic mass is 10.1. The van der Waals surface area contributed by atoms with Gasteiger partial charge in [0.15, 0.2) is 5.78 Å². The molecule has 0 atom stereocenters. The number of carbonyl (C=O) groups is 1. The lowest BCUT2D eigenvalue weighted by molar-refractivity contribution is 0.102. The predicted octanol–water partition coefficient (Wildman–Crippen LogP) is 4.11. The van der Waals surface area contributed by atoms with Crippen LogP contribution in [-0.2, 0) is 0 Å². The van der Waals surface area contributed by atoms with Crippen LogP contribution in [0.5, 0.6) is 0 Å². The van der Waals surface area contributed by atoms with Gasteiger partial charge in [-0.3, -0.25) is 4.79 Å². The number of thioether (sulfide) groups is 1. The standard InChI is InChI=1S/C15H13FOS/c1-11-7-8-12(16)9-14(11)15(17)10-18-13-5-3-2-4-6-13/h2-9H,10H2,1H3. The smallest absolute Gasteiger partial charge is 0.173 e. The van der Waals surface area contributed by atoms with Crippen molar-refractivity contribution >= 4 is 17.5 Å². The number of hydrogen-bond acceptors (Lipinski definition) is 2. The molecule has 2 aromatic carbocycles. The van der Waals surface area contributed by atoms with Crippen molar-refractivity contribution in [3.05, 3.63) is 65.5 Å². The number of carbonyl (C=O) groups excluding carboxylic acids is 1. The van der Waals surface area contributed by atoms with E-state index in [0.717, 1.165) is 10.5 Å². The highest BCUT2D eigenvalue weighted by Crippen LogP contribution is 2.20. The number of aryl methyl sites for hydroxylation is 1. The van der Waals surface area contributed by atoms with Crippen molar-refractivity contribution in [3.8, 4) is 0 Å². The first-order valence-electron chi connectivity index (χ1n) is 5.64. The predicted molar refractivity (Wildman–Crippen MR) is 72.6 cm³/mol. The molecule has 0 spiro atoms. The monoisotopic (exact) mass is 260 g/mol. The van der Waals surface area contributed by atoms with Crippen molar-refractivity contribution in [1.82, 2.24) is 0 Å². The van der Waals surface area contributed by atoms with E-state index in [-0.39, 0.29) is 11.6 Å². The molecule has 0 fully saturated rings. The third kappa shape index (κ3) is 3.20. The molecule has 0 aliphatic heterocycles. The van der Waals surface area contributed by atoms with Gasteiger partial charge in [0.25, 0.3) is 0 Å². The summed E-state index contributed by atoms with van der Waals surface area (Å²) in [6, 6.07) is 14.0. The van der Waals surface area contributed by atoms with Crippen LogP contribution in [-0.4, -0.2) is 11.5 Å². The molecule has 0 bridgehead atoms. The second kappa shape index (κ2) is 5.83. The third-order valence-corrected chi connectivity index (χ3v) is 3.63. The molecular weight excluding hydrogens is 247 g/mol. The summed E-state index contributed by atoms with van der Waals surface area (Å²) in [5.74, 6) is -0.0802. The molecule has 0 unspecified atom stereocenters. The summed E-state index contributed by atoms with van der Waals surface area (Å²) in [7, 11) is 0. The molecule has 0 aromatic heterocycles. The molecule has 2 aromatic rings. The van der Waals surface area contributed by atoms with Crippen LogP contribution >= 0.6 is 11.8 Å². The van der Waals surface area contributed by atoms with Crippen molar-refractivity contribution < 1.29 is 9.18 Å². The zero-order valence-electron chi connectivity index (χ0n) is 10.0. The second-order valence-electron chi connectivity index (χ2n) is 3.98.